The van der Waals surface area contributed by atoms with Crippen LogP contribution in [-0.2, 0) is 4.79 Å². The van der Waals surface area contributed by atoms with E-state index in [-0.39, 0.29) is 12.5 Å². The summed E-state index contributed by atoms with van der Waals surface area (Å²) in [6.45, 7) is 1.36. The minimum Gasteiger partial charge on any atom is -0.493 e. The largest absolute Gasteiger partial charge is 0.493 e. The molecule has 1 saturated heterocycles. The lowest BCUT2D eigenvalue weighted by Gasteiger charge is -2.27. The van der Waals surface area contributed by atoms with E-state index in [1.54, 1.807) is 18.2 Å². The Morgan fingerprint density at radius 3 is 2.52 bits per heavy atom. The molecule has 1 aromatic rings. The molecule has 114 valence electrons. The van der Waals surface area contributed by atoms with E-state index < -0.39 is 5.91 Å². The molecule has 0 atom stereocenters. The Labute approximate surface area is 123 Å². The molecular weight excluding hydrogens is 272 g/mol. The van der Waals surface area contributed by atoms with Crippen LogP contribution in [0.1, 0.15) is 29.6 Å². The lowest BCUT2D eigenvalue weighted by Crippen LogP contribution is -2.35. The van der Waals surface area contributed by atoms with Gasteiger partial charge in [-0.1, -0.05) is 0 Å². The molecule has 0 saturated carbocycles. The first-order valence-corrected chi connectivity index (χ1v) is 7.00. The third-order valence-electron chi connectivity index (χ3n) is 3.42. The lowest BCUT2D eigenvalue weighted by atomic mass is 10.1. The van der Waals surface area contributed by atoms with Gasteiger partial charge in [-0.25, -0.2) is 0 Å². The number of carbonyl (C=O) groups excluding carboxylic acids is 2. The summed E-state index contributed by atoms with van der Waals surface area (Å²) in [6.07, 6.45) is 3.26. The third kappa shape index (κ3) is 3.87. The van der Waals surface area contributed by atoms with Crippen molar-refractivity contribution in [2.45, 2.75) is 19.3 Å². The maximum absolute atomic E-state index is 12.4. The van der Waals surface area contributed by atoms with Gasteiger partial charge in [-0.3, -0.25) is 9.59 Å². The van der Waals surface area contributed by atoms with Gasteiger partial charge >= 0.3 is 0 Å². The van der Waals surface area contributed by atoms with Crippen molar-refractivity contribution in [1.82, 2.24) is 4.90 Å². The van der Waals surface area contributed by atoms with Gasteiger partial charge in [0.15, 0.2) is 18.1 Å². The zero-order valence-corrected chi connectivity index (χ0v) is 12.1. The molecule has 1 fully saturated rings. The van der Waals surface area contributed by atoms with Crippen LogP contribution >= 0.6 is 0 Å². The Morgan fingerprint density at radius 1 is 1.19 bits per heavy atom. The second-order valence-corrected chi connectivity index (χ2v) is 4.97. The normalized spacial score (nSPS) is 14.6. The molecule has 0 bridgehead atoms. The Kier molecular flexibility index (Phi) is 5.03. The Bertz CT molecular complexity index is 524. The van der Waals surface area contributed by atoms with E-state index in [2.05, 4.69) is 0 Å². The highest BCUT2D eigenvalue weighted by molar-refractivity contribution is 5.95. The van der Waals surface area contributed by atoms with Gasteiger partial charge in [-0.2, -0.15) is 0 Å². The van der Waals surface area contributed by atoms with Gasteiger partial charge in [0.05, 0.1) is 7.11 Å². The number of carbonyl (C=O) groups is 2. The van der Waals surface area contributed by atoms with Crippen LogP contribution in [0.15, 0.2) is 18.2 Å². The van der Waals surface area contributed by atoms with Crippen molar-refractivity contribution in [3.63, 3.8) is 0 Å². The highest BCUT2D eigenvalue weighted by atomic mass is 16.5. The summed E-state index contributed by atoms with van der Waals surface area (Å²) in [7, 11) is 1.49. The monoisotopic (exact) mass is 292 g/mol. The van der Waals surface area contributed by atoms with Crippen molar-refractivity contribution >= 4 is 11.8 Å². The van der Waals surface area contributed by atoms with Crippen molar-refractivity contribution in [2.24, 2.45) is 5.73 Å². The summed E-state index contributed by atoms with van der Waals surface area (Å²) in [5.74, 6) is 0.241. The fourth-order valence-corrected chi connectivity index (χ4v) is 2.35. The van der Waals surface area contributed by atoms with E-state index in [9.17, 15) is 9.59 Å². The molecule has 1 aromatic carbocycles. The molecule has 0 aliphatic carbocycles. The molecule has 1 heterocycles. The quantitative estimate of drug-likeness (QED) is 0.883. The molecule has 0 radical (unpaired) electrons. The van der Waals surface area contributed by atoms with Crippen LogP contribution in [0.25, 0.3) is 0 Å². The molecule has 0 spiro atoms. The fraction of sp³-hybridized carbons (Fsp3) is 0.467. The molecule has 2 rings (SSSR count). The number of hydrogen-bond acceptors (Lipinski definition) is 4. The van der Waals surface area contributed by atoms with Crippen molar-refractivity contribution < 1.29 is 19.1 Å². The maximum atomic E-state index is 12.4. The molecule has 2 N–H and O–H groups in total. The molecular formula is C15H20N2O4. The van der Waals surface area contributed by atoms with E-state index in [1.165, 1.54) is 13.5 Å². The van der Waals surface area contributed by atoms with Gasteiger partial charge in [0, 0.05) is 18.7 Å². The average Bonchev–Trinajstić information content (AvgIpc) is 2.52. The fourth-order valence-electron chi connectivity index (χ4n) is 2.35. The zero-order chi connectivity index (χ0) is 15.2. The molecule has 1 aliphatic heterocycles. The molecule has 6 nitrogen and oxygen atoms in total. The molecule has 2 amide bonds. The van der Waals surface area contributed by atoms with Crippen molar-refractivity contribution in [2.75, 3.05) is 26.8 Å². The van der Waals surface area contributed by atoms with Crippen LogP contribution < -0.4 is 15.2 Å². The number of nitrogens with two attached hydrogens (primary N) is 1. The number of likely N-dealkylation sites (tertiary alicyclic amines) is 1. The van der Waals surface area contributed by atoms with Crippen LogP contribution in [0, 0.1) is 0 Å². The number of primary amides is 1. The number of ether oxygens (including phenoxy) is 2. The topological polar surface area (TPSA) is 81.9 Å². The standard InChI is InChI=1S/C15H20N2O4/c1-20-13-9-11(5-6-12(13)21-10-14(16)18)15(19)17-7-3-2-4-8-17/h5-6,9H,2-4,7-8,10H2,1H3,(H2,16,18). The second kappa shape index (κ2) is 6.97. The Hall–Kier alpha value is -2.24. The summed E-state index contributed by atoms with van der Waals surface area (Å²) < 4.78 is 10.5. The number of hydrogen-bond donors (Lipinski definition) is 1. The van der Waals surface area contributed by atoms with Crippen molar-refractivity contribution in [3.8, 4) is 11.5 Å². The minimum atomic E-state index is -0.564. The summed E-state index contributed by atoms with van der Waals surface area (Å²) in [5, 5.41) is 0. The van der Waals surface area contributed by atoms with Crippen LogP contribution in [0.2, 0.25) is 0 Å². The number of rotatable bonds is 5. The van der Waals surface area contributed by atoms with Crippen molar-refractivity contribution in [3.05, 3.63) is 23.8 Å². The number of nitrogens with zero attached hydrogens (tertiary/aromatic N) is 1. The first-order valence-electron chi connectivity index (χ1n) is 7.00. The zero-order valence-electron chi connectivity index (χ0n) is 12.1. The van der Waals surface area contributed by atoms with E-state index in [0.29, 0.717) is 17.1 Å². The summed E-state index contributed by atoms with van der Waals surface area (Å²) >= 11 is 0. The lowest BCUT2D eigenvalue weighted by molar-refractivity contribution is -0.119. The smallest absolute Gasteiger partial charge is 0.255 e. The number of amides is 2. The van der Waals surface area contributed by atoms with Gasteiger partial charge in [0.2, 0.25) is 0 Å². The number of piperidine rings is 1. The van der Waals surface area contributed by atoms with Gasteiger partial charge in [0.1, 0.15) is 0 Å². The predicted molar refractivity (Wildman–Crippen MR) is 77.4 cm³/mol. The number of methoxy groups -OCH3 is 1. The van der Waals surface area contributed by atoms with Gasteiger partial charge < -0.3 is 20.1 Å². The van der Waals surface area contributed by atoms with Crippen LogP contribution in [0.4, 0.5) is 0 Å². The minimum absolute atomic E-state index is 0.00514. The first-order chi connectivity index (χ1) is 10.1. The van der Waals surface area contributed by atoms with Crippen LogP contribution in [-0.4, -0.2) is 43.5 Å². The SMILES string of the molecule is COc1cc(C(=O)N2CCCCC2)ccc1OCC(N)=O. The Balaban J connectivity index is 2.13. The number of benzene rings is 1. The highest BCUT2D eigenvalue weighted by Gasteiger charge is 2.19. The van der Waals surface area contributed by atoms with E-state index in [1.807, 2.05) is 4.90 Å². The highest BCUT2D eigenvalue weighted by Crippen LogP contribution is 2.28. The molecule has 0 unspecified atom stereocenters. The first kappa shape index (κ1) is 15.2. The van der Waals surface area contributed by atoms with Gasteiger partial charge in [-0.05, 0) is 37.5 Å². The van der Waals surface area contributed by atoms with E-state index in [0.717, 1.165) is 25.9 Å². The average molecular weight is 292 g/mol. The van der Waals surface area contributed by atoms with Gasteiger partial charge in [0.25, 0.3) is 11.8 Å². The second-order valence-electron chi connectivity index (χ2n) is 4.97. The molecule has 6 heteroatoms. The maximum Gasteiger partial charge on any atom is 0.255 e. The van der Waals surface area contributed by atoms with Crippen molar-refractivity contribution in [1.29, 1.82) is 0 Å². The molecule has 21 heavy (non-hydrogen) atoms. The Morgan fingerprint density at radius 2 is 1.90 bits per heavy atom. The summed E-state index contributed by atoms with van der Waals surface area (Å²) in [6, 6.07) is 4.93. The van der Waals surface area contributed by atoms with E-state index in [4.69, 9.17) is 15.2 Å². The molecule has 0 aromatic heterocycles. The van der Waals surface area contributed by atoms with Gasteiger partial charge in [-0.15, -0.1) is 0 Å². The van der Waals surface area contributed by atoms with Crippen LogP contribution in [0.3, 0.4) is 0 Å². The van der Waals surface area contributed by atoms with Crippen LogP contribution in [0.5, 0.6) is 11.5 Å². The third-order valence-corrected chi connectivity index (χ3v) is 3.42. The van der Waals surface area contributed by atoms with E-state index >= 15 is 0 Å². The summed E-state index contributed by atoms with van der Waals surface area (Å²) in [5.41, 5.74) is 5.60. The predicted octanol–water partition coefficient (Wildman–Crippen LogP) is 1.19. The molecule has 1 aliphatic rings. The summed E-state index contributed by atoms with van der Waals surface area (Å²) in [4.78, 5) is 25.0.